The van der Waals surface area contributed by atoms with Gasteiger partial charge in [0.1, 0.15) is 17.3 Å². The van der Waals surface area contributed by atoms with E-state index in [-0.39, 0.29) is 30.0 Å². The van der Waals surface area contributed by atoms with Crippen LogP contribution in [0.5, 0.6) is 0 Å². The maximum Gasteiger partial charge on any atom is 0.441 e. The van der Waals surface area contributed by atoms with Crippen LogP contribution in [0.2, 0.25) is 5.15 Å². The van der Waals surface area contributed by atoms with Gasteiger partial charge in [0.2, 0.25) is 0 Å². The van der Waals surface area contributed by atoms with E-state index in [4.69, 9.17) is 11.6 Å². The number of alkyl halides is 3. The molecule has 1 heterocycles. The first-order valence-corrected chi connectivity index (χ1v) is 6.62. The highest BCUT2D eigenvalue weighted by molar-refractivity contribution is 8.00. The van der Waals surface area contributed by atoms with Crippen molar-refractivity contribution in [2.75, 3.05) is 17.6 Å². The van der Waals surface area contributed by atoms with Crippen molar-refractivity contribution >= 4 is 29.2 Å². The number of hydrogen-bond acceptors (Lipinski definition) is 4. The first-order chi connectivity index (χ1) is 8.31. The van der Waals surface area contributed by atoms with Crippen molar-refractivity contribution in [3.63, 3.8) is 0 Å². The summed E-state index contributed by atoms with van der Waals surface area (Å²) in [5.41, 5.74) is -3.48. The largest absolute Gasteiger partial charge is 0.441 e. The molecule has 0 aliphatic carbocycles. The molecule has 1 N–H and O–H groups in total. The lowest BCUT2D eigenvalue weighted by Gasteiger charge is -2.14. The molecule has 0 bridgehead atoms. The summed E-state index contributed by atoms with van der Waals surface area (Å²) >= 11 is 5.87. The molecule has 0 radical (unpaired) electrons. The molecule has 0 amide bonds. The Morgan fingerprint density at radius 3 is 2.61 bits per heavy atom. The summed E-state index contributed by atoms with van der Waals surface area (Å²) in [6, 6.07) is 0. The quantitative estimate of drug-likeness (QED) is 0.660. The number of nitrogens with one attached hydrogen (secondary N) is 1. The van der Waals surface area contributed by atoms with E-state index in [0.717, 1.165) is 5.56 Å². The van der Waals surface area contributed by atoms with E-state index in [0.29, 0.717) is 11.0 Å². The van der Waals surface area contributed by atoms with Crippen molar-refractivity contribution in [1.29, 1.82) is 0 Å². The fourth-order valence-electron chi connectivity index (χ4n) is 1.36. The van der Waals surface area contributed by atoms with Gasteiger partial charge < -0.3 is 5.32 Å². The minimum atomic E-state index is -4.20. The molecule has 18 heavy (non-hydrogen) atoms. The molecule has 0 fully saturated rings. The highest BCUT2D eigenvalue weighted by Gasteiger charge is 2.27. The summed E-state index contributed by atoms with van der Waals surface area (Å²) in [5.74, 6) is 0.507. The maximum absolute atomic E-state index is 11.9. The Hall–Kier alpha value is -0.690. The molecule has 1 aromatic heterocycles. The standard InChI is InChI=1S/C10H13ClF3N3S/c1-6(2)7-8(11)16-5-17-9(7)15-3-4-18-10(12,13)14/h5-6H,3-4H2,1-2H3,(H,15,16,17). The van der Waals surface area contributed by atoms with Crippen LogP contribution in [0, 0.1) is 0 Å². The first-order valence-electron chi connectivity index (χ1n) is 5.26. The summed E-state index contributed by atoms with van der Waals surface area (Å²) in [6.07, 6.45) is 1.29. The van der Waals surface area contributed by atoms with Crippen LogP contribution in [-0.4, -0.2) is 27.8 Å². The summed E-state index contributed by atoms with van der Waals surface area (Å²) in [6.45, 7) is 4.00. The molecule has 1 aromatic rings. The molecule has 3 nitrogen and oxygen atoms in total. The average molecular weight is 300 g/mol. The highest BCUT2D eigenvalue weighted by Crippen LogP contribution is 2.30. The van der Waals surface area contributed by atoms with E-state index in [1.807, 2.05) is 13.8 Å². The number of anilines is 1. The predicted molar refractivity (Wildman–Crippen MR) is 68.1 cm³/mol. The van der Waals surface area contributed by atoms with Crippen LogP contribution >= 0.6 is 23.4 Å². The van der Waals surface area contributed by atoms with Crippen LogP contribution in [0.1, 0.15) is 25.3 Å². The molecule has 0 saturated carbocycles. The lowest BCUT2D eigenvalue weighted by Crippen LogP contribution is -2.12. The molecule has 0 aliphatic rings. The van der Waals surface area contributed by atoms with E-state index in [2.05, 4.69) is 15.3 Å². The minimum absolute atomic E-state index is 0.0676. The van der Waals surface area contributed by atoms with Crippen LogP contribution in [-0.2, 0) is 0 Å². The van der Waals surface area contributed by atoms with Crippen molar-refractivity contribution in [2.24, 2.45) is 0 Å². The van der Waals surface area contributed by atoms with Crippen molar-refractivity contribution in [3.8, 4) is 0 Å². The Morgan fingerprint density at radius 1 is 1.39 bits per heavy atom. The first kappa shape index (κ1) is 15.4. The zero-order valence-electron chi connectivity index (χ0n) is 9.88. The predicted octanol–water partition coefficient (Wildman–Crippen LogP) is 3.92. The van der Waals surface area contributed by atoms with Crippen LogP contribution in [0.15, 0.2) is 6.33 Å². The third kappa shape index (κ3) is 4.89. The number of thioether (sulfide) groups is 1. The lowest BCUT2D eigenvalue weighted by atomic mass is 10.1. The molecule has 0 aliphatic heterocycles. The van der Waals surface area contributed by atoms with Crippen molar-refractivity contribution in [3.05, 3.63) is 17.0 Å². The third-order valence-electron chi connectivity index (χ3n) is 2.07. The van der Waals surface area contributed by atoms with E-state index < -0.39 is 5.51 Å². The average Bonchev–Trinajstić information content (AvgIpc) is 2.22. The Kier molecular flexibility index (Phi) is 5.52. The SMILES string of the molecule is CC(C)c1c(Cl)ncnc1NCCSC(F)(F)F. The molecule has 0 aromatic carbocycles. The van der Waals surface area contributed by atoms with Gasteiger partial charge >= 0.3 is 5.51 Å². The molecular formula is C10H13ClF3N3S. The van der Waals surface area contributed by atoms with E-state index >= 15 is 0 Å². The summed E-state index contributed by atoms with van der Waals surface area (Å²) in [4.78, 5) is 7.86. The van der Waals surface area contributed by atoms with E-state index in [1.165, 1.54) is 6.33 Å². The summed E-state index contributed by atoms with van der Waals surface area (Å²) in [5, 5.41) is 3.18. The molecule has 0 unspecified atom stereocenters. The van der Waals surface area contributed by atoms with E-state index in [1.54, 1.807) is 0 Å². The van der Waals surface area contributed by atoms with Crippen LogP contribution in [0.3, 0.4) is 0 Å². The van der Waals surface area contributed by atoms with Gasteiger partial charge in [0.25, 0.3) is 0 Å². The fraction of sp³-hybridized carbons (Fsp3) is 0.600. The number of rotatable bonds is 5. The van der Waals surface area contributed by atoms with Gasteiger partial charge in [0.15, 0.2) is 0 Å². The lowest BCUT2D eigenvalue weighted by molar-refractivity contribution is -0.0327. The van der Waals surface area contributed by atoms with Gasteiger partial charge in [-0.05, 0) is 17.7 Å². The maximum atomic E-state index is 11.9. The fourth-order valence-corrected chi connectivity index (χ4v) is 2.15. The van der Waals surface area contributed by atoms with Gasteiger partial charge in [-0.3, -0.25) is 0 Å². The minimum Gasteiger partial charge on any atom is -0.369 e. The molecule has 1 rings (SSSR count). The second-order valence-electron chi connectivity index (χ2n) is 3.80. The molecule has 102 valence electrons. The highest BCUT2D eigenvalue weighted by atomic mass is 35.5. The molecular weight excluding hydrogens is 287 g/mol. The normalized spacial score (nSPS) is 11.9. The van der Waals surface area contributed by atoms with Gasteiger partial charge in [-0.1, -0.05) is 25.4 Å². The molecule has 0 saturated heterocycles. The van der Waals surface area contributed by atoms with Crippen molar-refractivity contribution in [2.45, 2.75) is 25.3 Å². The second-order valence-corrected chi connectivity index (χ2v) is 5.32. The summed E-state index contributed by atoms with van der Waals surface area (Å²) < 4.78 is 35.8. The molecule has 8 heteroatoms. The van der Waals surface area contributed by atoms with Crippen molar-refractivity contribution < 1.29 is 13.2 Å². The zero-order chi connectivity index (χ0) is 13.8. The molecule has 0 atom stereocenters. The Morgan fingerprint density at radius 2 is 2.06 bits per heavy atom. The number of hydrogen-bond donors (Lipinski definition) is 1. The third-order valence-corrected chi connectivity index (χ3v) is 3.11. The van der Waals surface area contributed by atoms with Gasteiger partial charge in [0, 0.05) is 17.9 Å². The number of halogens is 4. The Labute approximate surface area is 113 Å². The summed E-state index contributed by atoms with van der Waals surface area (Å²) in [7, 11) is 0. The van der Waals surface area contributed by atoms with Crippen molar-refractivity contribution in [1.82, 2.24) is 9.97 Å². The van der Waals surface area contributed by atoms with Crippen LogP contribution in [0.4, 0.5) is 19.0 Å². The van der Waals surface area contributed by atoms with Gasteiger partial charge in [0.05, 0.1) is 0 Å². The van der Waals surface area contributed by atoms with Gasteiger partial charge in [-0.2, -0.15) is 13.2 Å². The Balaban J connectivity index is 2.60. The topological polar surface area (TPSA) is 37.8 Å². The monoisotopic (exact) mass is 299 g/mol. The number of nitrogens with zero attached hydrogens (tertiary/aromatic N) is 2. The van der Waals surface area contributed by atoms with Gasteiger partial charge in [-0.25, -0.2) is 9.97 Å². The smallest absolute Gasteiger partial charge is 0.369 e. The number of aromatic nitrogens is 2. The molecule has 0 spiro atoms. The Bertz CT molecular complexity index is 398. The van der Waals surface area contributed by atoms with Crippen LogP contribution in [0.25, 0.3) is 0 Å². The van der Waals surface area contributed by atoms with Crippen LogP contribution < -0.4 is 5.32 Å². The van der Waals surface area contributed by atoms with Gasteiger partial charge in [-0.15, -0.1) is 0 Å². The van der Waals surface area contributed by atoms with E-state index in [9.17, 15) is 13.2 Å². The zero-order valence-corrected chi connectivity index (χ0v) is 11.5. The second kappa shape index (κ2) is 6.47.